The quantitative estimate of drug-likeness (QED) is 0.804. The second-order valence-corrected chi connectivity index (χ2v) is 5.40. The number of hydrogen-bond acceptors (Lipinski definition) is 3. The van der Waals surface area contributed by atoms with Gasteiger partial charge in [0.15, 0.2) is 0 Å². The van der Waals surface area contributed by atoms with E-state index < -0.39 is 18.7 Å². The van der Waals surface area contributed by atoms with Gasteiger partial charge < -0.3 is 10.1 Å². The second kappa shape index (κ2) is 7.67. The lowest BCUT2D eigenvalue weighted by Gasteiger charge is -2.09. The van der Waals surface area contributed by atoms with Crippen LogP contribution in [-0.2, 0) is 4.74 Å². The highest BCUT2D eigenvalue weighted by Crippen LogP contribution is 2.18. The lowest BCUT2D eigenvalue weighted by atomic mass is 10.2. The van der Waals surface area contributed by atoms with Crippen LogP contribution in [0.15, 0.2) is 30.5 Å². The van der Waals surface area contributed by atoms with E-state index in [4.69, 9.17) is 11.6 Å². The standard InChI is InChI=1S/C15H15ClF3N3O2/c1-10-13(14(23)20-5-6-24-9-15(17,18)19)8-21-22(10)12-4-2-3-11(16)7-12/h2-4,7-8H,5-6,9H2,1H3,(H,20,23). The van der Waals surface area contributed by atoms with Gasteiger partial charge in [0.05, 0.1) is 29.7 Å². The molecule has 0 atom stereocenters. The number of nitrogens with one attached hydrogen (secondary N) is 1. The molecule has 24 heavy (non-hydrogen) atoms. The van der Waals surface area contributed by atoms with Crippen LogP contribution < -0.4 is 5.32 Å². The van der Waals surface area contributed by atoms with Crippen LogP contribution in [0.4, 0.5) is 13.2 Å². The third-order valence-electron chi connectivity index (χ3n) is 3.10. The highest BCUT2D eigenvalue weighted by atomic mass is 35.5. The molecule has 0 aliphatic heterocycles. The Kier molecular flexibility index (Phi) is 5.84. The van der Waals surface area contributed by atoms with E-state index >= 15 is 0 Å². The Morgan fingerprint density at radius 1 is 1.42 bits per heavy atom. The van der Waals surface area contributed by atoms with E-state index in [1.54, 1.807) is 35.9 Å². The molecule has 0 aliphatic carbocycles. The van der Waals surface area contributed by atoms with Crippen molar-refractivity contribution in [3.63, 3.8) is 0 Å². The van der Waals surface area contributed by atoms with Crippen LogP contribution in [-0.4, -0.2) is 41.6 Å². The second-order valence-electron chi connectivity index (χ2n) is 4.96. The van der Waals surface area contributed by atoms with Gasteiger partial charge in [-0.2, -0.15) is 18.3 Å². The van der Waals surface area contributed by atoms with Crippen molar-refractivity contribution in [2.45, 2.75) is 13.1 Å². The lowest BCUT2D eigenvalue weighted by Crippen LogP contribution is -2.29. The molecule has 0 unspecified atom stereocenters. The van der Waals surface area contributed by atoms with Crippen LogP contribution in [0.3, 0.4) is 0 Å². The molecule has 1 aromatic heterocycles. The van der Waals surface area contributed by atoms with E-state index in [9.17, 15) is 18.0 Å². The van der Waals surface area contributed by atoms with Crippen molar-refractivity contribution in [3.8, 4) is 5.69 Å². The highest BCUT2D eigenvalue weighted by molar-refractivity contribution is 6.30. The molecule has 0 saturated heterocycles. The molecule has 0 saturated carbocycles. The maximum Gasteiger partial charge on any atom is 0.411 e. The summed E-state index contributed by atoms with van der Waals surface area (Å²) in [6, 6.07) is 6.97. The van der Waals surface area contributed by atoms with Gasteiger partial charge in [-0.15, -0.1) is 0 Å². The average molecular weight is 362 g/mol. The largest absolute Gasteiger partial charge is 0.411 e. The number of alkyl halides is 3. The number of halogens is 4. The van der Waals surface area contributed by atoms with E-state index in [-0.39, 0.29) is 13.2 Å². The summed E-state index contributed by atoms with van der Waals surface area (Å²) in [6.45, 7) is 0.112. The Bertz CT molecular complexity index is 716. The summed E-state index contributed by atoms with van der Waals surface area (Å²) in [4.78, 5) is 12.1. The number of hydrogen-bond donors (Lipinski definition) is 1. The van der Waals surface area contributed by atoms with Crippen molar-refractivity contribution < 1.29 is 22.7 Å². The fourth-order valence-corrected chi connectivity index (χ4v) is 2.21. The molecule has 0 aliphatic rings. The molecule has 0 spiro atoms. The Labute approximate surface area is 141 Å². The molecule has 130 valence electrons. The molecule has 1 amide bonds. The molecule has 5 nitrogen and oxygen atoms in total. The smallest absolute Gasteiger partial charge is 0.370 e. The average Bonchev–Trinajstić information content (AvgIpc) is 2.87. The first-order chi connectivity index (χ1) is 11.3. The molecule has 1 heterocycles. The zero-order valence-corrected chi connectivity index (χ0v) is 13.5. The van der Waals surface area contributed by atoms with Crippen LogP contribution in [0.25, 0.3) is 5.69 Å². The topological polar surface area (TPSA) is 56.1 Å². The first-order valence-corrected chi connectivity index (χ1v) is 7.39. The Hall–Kier alpha value is -2.06. The van der Waals surface area contributed by atoms with Gasteiger partial charge in [-0.05, 0) is 25.1 Å². The minimum Gasteiger partial charge on any atom is -0.370 e. The summed E-state index contributed by atoms with van der Waals surface area (Å²) in [5.74, 6) is -0.434. The van der Waals surface area contributed by atoms with E-state index in [0.717, 1.165) is 0 Å². The zero-order chi connectivity index (χ0) is 17.7. The third kappa shape index (κ3) is 4.97. The summed E-state index contributed by atoms with van der Waals surface area (Å²) < 4.78 is 41.7. The minimum atomic E-state index is -4.38. The first kappa shape index (κ1) is 18.3. The Morgan fingerprint density at radius 2 is 2.17 bits per heavy atom. The first-order valence-electron chi connectivity index (χ1n) is 7.01. The van der Waals surface area contributed by atoms with E-state index in [2.05, 4.69) is 15.2 Å². The van der Waals surface area contributed by atoms with Crippen LogP contribution in [0.5, 0.6) is 0 Å². The summed E-state index contributed by atoms with van der Waals surface area (Å²) in [6.07, 6.45) is -2.99. The zero-order valence-electron chi connectivity index (χ0n) is 12.7. The summed E-state index contributed by atoms with van der Waals surface area (Å²) >= 11 is 5.93. The number of aromatic nitrogens is 2. The van der Waals surface area contributed by atoms with Gasteiger partial charge in [0, 0.05) is 11.6 Å². The number of rotatable bonds is 6. The fourth-order valence-electron chi connectivity index (χ4n) is 2.02. The van der Waals surface area contributed by atoms with Crippen molar-refractivity contribution in [3.05, 3.63) is 46.7 Å². The van der Waals surface area contributed by atoms with Crippen molar-refractivity contribution in [1.82, 2.24) is 15.1 Å². The predicted octanol–water partition coefficient (Wildman–Crippen LogP) is 3.14. The van der Waals surface area contributed by atoms with Gasteiger partial charge in [0.25, 0.3) is 5.91 Å². The van der Waals surface area contributed by atoms with Crippen molar-refractivity contribution >= 4 is 17.5 Å². The normalized spacial score (nSPS) is 11.5. The Morgan fingerprint density at radius 3 is 2.83 bits per heavy atom. The van der Waals surface area contributed by atoms with E-state index in [1.807, 2.05) is 0 Å². The molecule has 1 N–H and O–H groups in total. The van der Waals surface area contributed by atoms with Gasteiger partial charge in [-0.25, -0.2) is 4.68 Å². The van der Waals surface area contributed by atoms with Crippen molar-refractivity contribution in [2.24, 2.45) is 0 Å². The number of carbonyl (C=O) groups is 1. The molecule has 1 aromatic carbocycles. The minimum absolute atomic E-state index is 0.0311. The van der Waals surface area contributed by atoms with Gasteiger partial charge >= 0.3 is 6.18 Å². The number of carbonyl (C=O) groups excluding carboxylic acids is 1. The monoisotopic (exact) mass is 361 g/mol. The molecule has 9 heteroatoms. The summed E-state index contributed by atoms with van der Waals surface area (Å²) in [5, 5.41) is 7.17. The van der Waals surface area contributed by atoms with Crippen molar-refractivity contribution in [1.29, 1.82) is 0 Å². The van der Waals surface area contributed by atoms with Crippen LogP contribution >= 0.6 is 11.6 Å². The highest BCUT2D eigenvalue weighted by Gasteiger charge is 2.27. The summed E-state index contributed by atoms with van der Waals surface area (Å²) in [7, 11) is 0. The molecular weight excluding hydrogens is 347 g/mol. The van der Waals surface area contributed by atoms with Crippen molar-refractivity contribution in [2.75, 3.05) is 19.8 Å². The molecule has 0 bridgehead atoms. The fraction of sp³-hybridized carbons (Fsp3) is 0.333. The maximum atomic E-state index is 12.1. The number of nitrogens with zero attached hydrogens (tertiary/aromatic N) is 2. The third-order valence-corrected chi connectivity index (χ3v) is 3.34. The number of amides is 1. The SMILES string of the molecule is Cc1c(C(=O)NCCOCC(F)(F)F)cnn1-c1cccc(Cl)c1. The molecule has 2 rings (SSSR count). The van der Waals surface area contributed by atoms with E-state index in [0.29, 0.717) is 22.0 Å². The Balaban J connectivity index is 1.94. The lowest BCUT2D eigenvalue weighted by molar-refractivity contribution is -0.173. The molecule has 2 aromatic rings. The van der Waals surface area contributed by atoms with Gasteiger partial charge in [-0.1, -0.05) is 17.7 Å². The molecule has 0 radical (unpaired) electrons. The maximum absolute atomic E-state index is 12.1. The molecular formula is C15H15ClF3N3O2. The van der Waals surface area contributed by atoms with Crippen LogP contribution in [0, 0.1) is 6.92 Å². The molecule has 0 fully saturated rings. The number of ether oxygens (including phenoxy) is 1. The van der Waals surface area contributed by atoms with Gasteiger partial charge in [0.2, 0.25) is 0 Å². The van der Waals surface area contributed by atoms with Gasteiger partial charge in [-0.3, -0.25) is 4.79 Å². The van der Waals surface area contributed by atoms with Crippen LogP contribution in [0.1, 0.15) is 16.1 Å². The summed E-state index contributed by atoms with van der Waals surface area (Å²) in [5.41, 5.74) is 1.62. The van der Waals surface area contributed by atoms with Gasteiger partial charge in [0.1, 0.15) is 6.61 Å². The van der Waals surface area contributed by atoms with Crippen LogP contribution in [0.2, 0.25) is 5.02 Å². The predicted molar refractivity (Wildman–Crippen MR) is 82.5 cm³/mol. The number of benzene rings is 1. The van der Waals surface area contributed by atoms with E-state index in [1.165, 1.54) is 6.20 Å².